The largest absolute Gasteiger partial charge is 0.573 e. The summed E-state index contributed by atoms with van der Waals surface area (Å²) in [6.07, 6.45) is -1.45. The van der Waals surface area contributed by atoms with Crippen LogP contribution in [0.3, 0.4) is 0 Å². The zero-order valence-corrected chi connectivity index (χ0v) is 13.0. The molecule has 0 spiro atoms. The van der Waals surface area contributed by atoms with Gasteiger partial charge in [-0.2, -0.15) is 0 Å². The van der Waals surface area contributed by atoms with Crippen molar-refractivity contribution in [3.8, 4) is 5.75 Å². The summed E-state index contributed by atoms with van der Waals surface area (Å²) in [5.74, 6) is 0.433. The highest BCUT2D eigenvalue weighted by atomic mass is 19.4. The van der Waals surface area contributed by atoms with E-state index in [1.54, 1.807) is 24.4 Å². The van der Waals surface area contributed by atoms with Gasteiger partial charge in [-0.05, 0) is 29.8 Å². The molecule has 1 aromatic carbocycles. The number of fused-ring (bicyclic) bond motifs is 1. The Morgan fingerprint density at radius 3 is 2.60 bits per heavy atom. The fourth-order valence-corrected chi connectivity index (χ4v) is 2.53. The number of ether oxygens (including phenoxy) is 1. The molecular formula is C17H14F3N3O2. The Balaban J connectivity index is 1.87. The number of halogens is 3. The molecule has 3 rings (SSSR count). The molecule has 0 radical (unpaired) electrons. The van der Waals surface area contributed by atoms with Gasteiger partial charge in [-0.15, -0.1) is 13.2 Å². The summed E-state index contributed by atoms with van der Waals surface area (Å²) in [4.78, 5) is 19.4. The molecule has 0 atom stereocenters. The van der Waals surface area contributed by atoms with Crippen LogP contribution in [0.4, 0.5) is 13.2 Å². The van der Waals surface area contributed by atoms with Gasteiger partial charge in [0, 0.05) is 19.0 Å². The molecule has 0 unspecified atom stereocenters. The Bertz CT molecular complexity index is 873. The van der Waals surface area contributed by atoms with E-state index in [1.807, 2.05) is 10.6 Å². The van der Waals surface area contributed by atoms with Crippen LogP contribution in [-0.2, 0) is 17.8 Å². The van der Waals surface area contributed by atoms with E-state index in [1.165, 1.54) is 12.1 Å². The first-order valence-electron chi connectivity index (χ1n) is 7.55. The lowest BCUT2D eigenvalue weighted by Gasteiger charge is -2.11. The molecule has 0 N–H and O–H groups in total. The zero-order chi connectivity index (χ0) is 17.9. The molecule has 130 valence electrons. The van der Waals surface area contributed by atoms with Crippen molar-refractivity contribution in [3.05, 3.63) is 54.0 Å². The maximum atomic E-state index is 12.2. The van der Waals surface area contributed by atoms with E-state index in [-0.39, 0.29) is 5.75 Å². The fraction of sp³-hybridized carbons (Fsp3) is 0.235. The van der Waals surface area contributed by atoms with Crippen LogP contribution < -0.4 is 4.74 Å². The highest BCUT2D eigenvalue weighted by Crippen LogP contribution is 2.24. The molecule has 0 aliphatic heterocycles. The summed E-state index contributed by atoms with van der Waals surface area (Å²) in [5, 5.41) is 0. The molecule has 2 aromatic heterocycles. The Labute approximate surface area is 141 Å². The van der Waals surface area contributed by atoms with Crippen molar-refractivity contribution in [1.29, 1.82) is 0 Å². The summed E-state index contributed by atoms with van der Waals surface area (Å²) in [5.41, 5.74) is 2.14. The van der Waals surface area contributed by atoms with Gasteiger partial charge in [-0.3, -0.25) is 0 Å². The van der Waals surface area contributed by atoms with Crippen LogP contribution in [0.2, 0.25) is 0 Å². The van der Waals surface area contributed by atoms with E-state index in [0.29, 0.717) is 36.4 Å². The number of nitrogens with zero attached hydrogens (tertiary/aromatic N) is 3. The first-order chi connectivity index (χ1) is 12.0. The molecule has 5 nitrogen and oxygen atoms in total. The number of hydrogen-bond acceptors (Lipinski definition) is 4. The van der Waals surface area contributed by atoms with E-state index in [2.05, 4.69) is 14.7 Å². The smallest absolute Gasteiger partial charge is 0.406 e. The van der Waals surface area contributed by atoms with Crippen LogP contribution in [-0.4, -0.2) is 27.2 Å². The van der Waals surface area contributed by atoms with Gasteiger partial charge in [0.05, 0.1) is 6.54 Å². The third kappa shape index (κ3) is 4.14. The maximum absolute atomic E-state index is 12.2. The quantitative estimate of drug-likeness (QED) is 0.639. The number of aryl methyl sites for hydroxylation is 1. The number of hydrogen-bond donors (Lipinski definition) is 0. The van der Waals surface area contributed by atoms with Gasteiger partial charge >= 0.3 is 6.36 Å². The van der Waals surface area contributed by atoms with Crippen LogP contribution in [0.1, 0.15) is 17.8 Å². The van der Waals surface area contributed by atoms with Gasteiger partial charge in [0.25, 0.3) is 0 Å². The first-order valence-corrected chi connectivity index (χ1v) is 7.55. The number of aldehydes is 1. The fourth-order valence-electron chi connectivity index (χ4n) is 2.53. The normalized spacial score (nSPS) is 11.6. The van der Waals surface area contributed by atoms with Crippen molar-refractivity contribution in [2.24, 2.45) is 0 Å². The lowest BCUT2D eigenvalue weighted by molar-refractivity contribution is -0.274. The van der Waals surface area contributed by atoms with E-state index in [4.69, 9.17) is 0 Å². The third-order valence-electron chi connectivity index (χ3n) is 3.57. The standard InChI is InChI=1S/C17H14F3N3O2/c18-17(19,20)25-13-7-5-12(6-8-13)11-23-15(4-2-10-24)22-14-3-1-9-21-16(14)23/h1,3,5-10H,2,4,11H2. The van der Waals surface area contributed by atoms with E-state index < -0.39 is 6.36 Å². The zero-order valence-electron chi connectivity index (χ0n) is 13.0. The Kier molecular flexibility index (Phi) is 4.69. The Hall–Kier alpha value is -2.90. The van der Waals surface area contributed by atoms with Crippen molar-refractivity contribution < 1.29 is 22.7 Å². The van der Waals surface area contributed by atoms with Gasteiger partial charge in [0.15, 0.2) is 5.65 Å². The Morgan fingerprint density at radius 2 is 1.92 bits per heavy atom. The van der Waals surface area contributed by atoms with E-state index >= 15 is 0 Å². The van der Waals surface area contributed by atoms with Crippen molar-refractivity contribution in [3.63, 3.8) is 0 Å². The molecule has 0 saturated carbocycles. The van der Waals surface area contributed by atoms with Crippen molar-refractivity contribution in [2.45, 2.75) is 25.7 Å². The molecule has 0 fully saturated rings. The lowest BCUT2D eigenvalue weighted by atomic mass is 10.2. The van der Waals surface area contributed by atoms with Crippen molar-refractivity contribution in [2.75, 3.05) is 0 Å². The summed E-state index contributed by atoms with van der Waals surface area (Å²) in [6.45, 7) is 0.383. The number of carbonyl (C=O) groups excluding carboxylic acids is 1. The highest BCUT2D eigenvalue weighted by molar-refractivity contribution is 5.71. The molecule has 8 heteroatoms. The van der Waals surface area contributed by atoms with Crippen LogP contribution in [0.5, 0.6) is 5.75 Å². The molecule has 25 heavy (non-hydrogen) atoms. The summed E-state index contributed by atoms with van der Waals surface area (Å²) in [7, 11) is 0. The second kappa shape index (κ2) is 6.92. The van der Waals surface area contributed by atoms with Gasteiger partial charge in [0.2, 0.25) is 0 Å². The Morgan fingerprint density at radius 1 is 1.16 bits per heavy atom. The van der Waals surface area contributed by atoms with E-state index in [9.17, 15) is 18.0 Å². The molecule has 0 saturated heterocycles. The average molecular weight is 349 g/mol. The van der Waals surface area contributed by atoms with Crippen LogP contribution in [0, 0.1) is 0 Å². The highest BCUT2D eigenvalue weighted by Gasteiger charge is 2.30. The molecule has 0 bridgehead atoms. The molecular weight excluding hydrogens is 335 g/mol. The second-order valence-electron chi connectivity index (χ2n) is 5.36. The van der Waals surface area contributed by atoms with E-state index in [0.717, 1.165) is 11.8 Å². The number of alkyl halides is 3. The number of aromatic nitrogens is 3. The minimum absolute atomic E-state index is 0.272. The van der Waals surface area contributed by atoms with Crippen molar-refractivity contribution in [1.82, 2.24) is 14.5 Å². The van der Waals surface area contributed by atoms with Gasteiger partial charge < -0.3 is 14.1 Å². The molecule has 0 aliphatic carbocycles. The predicted molar refractivity (Wildman–Crippen MR) is 84.1 cm³/mol. The third-order valence-corrected chi connectivity index (χ3v) is 3.57. The van der Waals surface area contributed by atoms with Gasteiger partial charge in [-0.1, -0.05) is 12.1 Å². The van der Waals surface area contributed by atoms with Crippen LogP contribution in [0.25, 0.3) is 11.2 Å². The monoisotopic (exact) mass is 349 g/mol. The SMILES string of the molecule is O=CCCc1nc2cccnc2n1Cc1ccc(OC(F)(F)F)cc1. The second-order valence-corrected chi connectivity index (χ2v) is 5.36. The lowest BCUT2D eigenvalue weighted by Crippen LogP contribution is -2.17. The van der Waals surface area contributed by atoms with Crippen LogP contribution >= 0.6 is 0 Å². The molecule has 2 heterocycles. The predicted octanol–water partition coefficient (Wildman–Crippen LogP) is 3.51. The number of benzene rings is 1. The number of pyridine rings is 1. The molecule has 3 aromatic rings. The topological polar surface area (TPSA) is 57.0 Å². The number of rotatable bonds is 6. The average Bonchev–Trinajstić information content (AvgIpc) is 2.91. The van der Waals surface area contributed by atoms with Crippen molar-refractivity contribution >= 4 is 17.5 Å². The summed E-state index contributed by atoms with van der Waals surface area (Å²) >= 11 is 0. The number of imidazole rings is 1. The first kappa shape index (κ1) is 16.9. The summed E-state index contributed by atoms with van der Waals surface area (Å²) < 4.78 is 42.4. The molecule has 0 aliphatic rings. The minimum Gasteiger partial charge on any atom is -0.406 e. The van der Waals surface area contributed by atoms with Crippen LogP contribution in [0.15, 0.2) is 42.6 Å². The van der Waals surface area contributed by atoms with Gasteiger partial charge in [0.1, 0.15) is 23.4 Å². The maximum Gasteiger partial charge on any atom is 0.573 e. The summed E-state index contributed by atoms with van der Waals surface area (Å²) in [6, 6.07) is 9.23. The number of carbonyl (C=O) groups is 1. The minimum atomic E-state index is -4.71. The molecule has 0 amide bonds. The van der Waals surface area contributed by atoms with Gasteiger partial charge in [-0.25, -0.2) is 9.97 Å².